The van der Waals surface area contributed by atoms with Crippen molar-refractivity contribution in [2.24, 2.45) is 0 Å². The Balaban J connectivity index is 1.36. The molecule has 0 saturated carbocycles. The monoisotopic (exact) mass is 545 g/mol. The largest absolute Gasteiger partial charge is 0.291 e. The van der Waals surface area contributed by atoms with Crippen molar-refractivity contribution in [2.75, 3.05) is 0 Å². The Labute approximate surface area is 246 Å². The summed E-state index contributed by atoms with van der Waals surface area (Å²) in [7, 11) is 0. The second-order valence-corrected chi connectivity index (χ2v) is 11.5. The Morgan fingerprint density at radius 3 is 1.70 bits per heavy atom. The van der Waals surface area contributed by atoms with Gasteiger partial charge in [0.15, 0.2) is 0 Å². The highest BCUT2D eigenvalue weighted by Crippen LogP contribution is 2.44. The van der Waals surface area contributed by atoms with Gasteiger partial charge in [0.25, 0.3) is 0 Å². The molecule has 0 amide bonds. The quantitative estimate of drug-likeness (QED) is 0.202. The molecule has 0 unspecified atom stereocenters. The highest BCUT2D eigenvalue weighted by molar-refractivity contribution is 6.37. The van der Waals surface area contributed by atoms with Gasteiger partial charge in [0.05, 0.1) is 5.69 Å². The van der Waals surface area contributed by atoms with Gasteiger partial charge < -0.3 is 0 Å². The molecule has 43 heavy (non-hydrogen) atoms. The van der Waals surface area contributed by atoms with Gasteiger partial charge in [0, 0.05) is 24.2 Å². The van der Waals surface area contributed by atoms with Gasteiger partial charge in [-0.05, 0) is 100 Å². The predicted molar refractivity (Wildman–Crippen MR) is 180 cm³/mol. The van der Waals surface area contributed by atoms with Crippen LogP contribution in [0.5, 0.6) is 0 Å². The normalized spacial score (nSPS) is 12.2. The van der Waals surface area contributed by atoms with E-state index in [0.717, 1.165) is 11.3 Å². The minimum absolute atomic E-state index is 0.704. The summed E-state index contributed by atoms with van der Waals surface area (Å²) >= 11 is 0. The Kier molecular flexibility index (Phi) is 4.45. The van der Waals surface area contributed by atoms with Gasteiger partial charge in [-0.15, -0.1) is 0 Å². The lowest BCUT2D eigenvalue weighted by Gasteiger charge is -2.17. The van der Waals surface area contributed by atoms with Crippen molar-refractivity contribution < 1.29 is 0 Å². The average molecular weight is 546 g/mol. The van der Waals surface area contributed by atoms with E-state index in [1.807, 2.05) is 22.9 Å². The lowest BCUT2D eigenvalue weighted by molar-refractivity contribution is 1.11. The van der Waals surface area contributed by atoms with E-state index in [9.17, 15) is 0 Å². The van der Waals surface area contributed by atoms with Crippen molar-refractivity contribution in [3.63, 3.8) is 0 Å². The molecular formula is C40H23N3. The Bertz CT molecular complexity index is 2690. The van der Waals surface area contributed by atoms with E-state index < -0.39 is 0 Å². The smallest absolute Gasteiger partial charge is 0.234 e. The lowest BCUT2D eigenvalue weighted by Crippen LogP contribution is -1.89. The van der Waals surface area contributed by atoms with Crippen molar-refractivity contribution in [3.05, 3.63) is 140 Å². The van der Waals surface area contributed by atoms with Crippen LogP contribution in [-0.4, -0.2) is 14.4 Å². The molecule has 0 aliphatic carbocycles. The van der Waals surface area contributed by atoms with Crippen LogP contribution in [0.25, 0.3) is 92.8 Å². The summed E-state index contributed by atoms with van der Waals surface area (Å²) in [5.41, 5.74) is 4.36. The zero-order valence-electron chi connectivity index (χ0n) is 23.1. The topological polar surface area (TPSA) is 30.2 Å². The van der Waals surface area contributed by atoms with E-state index in [-0.39, 0.29) is 0 Å². The summed E-state index contributed by atoms with van der Waals surface area (Å²) in [5.74, 6) is 0.704. The van der Waals surface area contributed by atoms with E-state index in [4.69, 9.17) is 4.98 Å². The van der Waals surface area contributed by atoms with Crippen molar-refractivity contribution in [3.8, 4) is 22.4 Å². The van der Waals surface area contributed by atoms with Gasteiger partial charge in [-0.25, -0.2) is 9.97 Å². The molecule has 0 aliphatic heterocycles. The second-order valence-electron chi connectivity index (χ2n) is 11.5. The number of imidazole rings is 1. The molecule has 0 atom stereocenters. The third-order valence-electron chi connectivity index (χ3n) is 9.15. The number of aromatic nitrogens is 3. The predicted octanol–water partition coefficient (Wildman–Crippen LogP) is 10.4. The molecule has 3 nitrogen and oxygen atoms in total. The van der Waals surface area contributed by atoms with Crippen LogP contribution in [0.2, 0.25) is 0 Å². The van der Waals surface area contributed by atoms with Gasteiger partial charge in [0.2, 0.25) is 5.78 Å². The van der Waals surface area contributed by atoms with Gasteiger partial charge in [-0.2, -0.15) is 0 Å². The molecule has 0 fully saturated rings. The molecule has 2 aromatic heterocycles. The van der Waals surface area contributed by atoms with Crippen LogP contribution in [0.3, 0.4) is 0 Å². The summed E-state index contributed by atoms with van der Waals surface area (Å²) in [6.45, 7) is 0. The maximum atomic E-state index is 4.79. The van der Waals surface area contributed by atoms with E-state index >= 15 is 0 Å². The number of fused-ring (bicyclic) bond motifs is 3. The van der Waals surface area contributed by atoms with E-state index in [1.165, 1.54) is 75.8 Å². The molecular weight excluding hydrogens is 522 g/mol. The molecule has 0 saturated heterocycles. The molecule has 0 spiro atoms. The van der Waals surface area contributed by atoms with E-state index in [2.05, 4.69) is 120 Å². The molecule has 0 radical (unpaired) electrons. The van der Waals surface area contributed by atoms with Gasteiger partial charge in [-0.1, -0.05) is 97.1 Å². The van der Waals surface area contributed by atoms with Crippen LogP contribution in [0, 0.1) is 0 Å². The number of hydrogen-bond acceptors (Lipinski definition) is 2. The van der Waals surface area contributed by atoms with Crippen molar-refractivity contribution in [1.82, 2.24) is 14.4 Å². The summed E-state index contributed by atoms with van der Waals surface area (Å²) in [4.78, 5) is 9.20. The Morgan fingerprint density at radius 1 is 0.442 bits per heavy atom. The minimum atomic E-state index is 0.704. The second kappa shape index (κ2) is 8.37. The van der Waals surface area contributed by atoms with Crippen molar-refractivity contribution >= 4 is 70.4 Å². The Hall–Kier alpha value is -5.80. The molecule has 0 aliphatic rings. The zero-order valence-corrected chi connectivity index (χ0v) is 23.1. The molecule has 8 aromatic carbocycles. The molecule has 2 heterocycles. The standard InChI is InChI=1S/C40H23N3/c1-9-27(20-28(10-1)35-23-43-19-5-18-41-40(43)42-35)30-21-29-17-16-26-7-3-12-32-31-11-2-6-24-14-15-25-8-4-13-33(38(25)36(24)31)34(22-30)39(29)37(26)32/h1-23H. The highest BCUT2D eigenvalue weighted by atomic mass is 15.1. The maximum absolute atomic E-state index is 4.79. The molecule has 3 heteroatoms. The van der Waals surface area contributed by atoms with Crippen LogP contribution >= 0.6 is 0 Å². The van der Waals surface area contributed by atoms with Crippen molar-refractivity contribution in [2.45, 2.75) is 0 Å². The third kappa shape index (κ3) is 3.19. The van der Waals surface area contributed by atoms with Gasteiger partial charge in [0.1, 0.15) is 0 Å². The molecule has 198 valence electrons. The summed E-state index contributed by atoms with van der Waals surface area (Å²) < 4.78 is 1.97. The van der Waals surface area contributed by atoms with Crippen LogP contribution < -0.4 is 0 Å². The summed E-state index contributed by atoms with van der Waals surface area (Å²) in [6.07, 6.45) is 5.81. The summed E-state index contributed by atoms with van der Waals surface area (Å²) in [6, 6.07) is 44.8. The Morgan fingerprint density at radius 2 is 1.02 bits per heavy atom. The SMILES string of the molecule is c1cc(-c2cc3ccc4cccc5c6cccc7ccc8cccc(c(c2)c3c45)c8c76)cc(-c2cn3cccnc3n2)c1. The molecule has 10 rings (SSSR count). The first-order valence-corrected chi connectivity index (χ1v) is 14.7. The fourth-order valence-corrected chi connectivity index (χ4v) is 7.28. The van der Waals surface area contributed by atoms with Gasteiger partial charge in [-0.3, -0.25) is 4.40 Å². The lowest BCUT2D eigenvalue weighted by atomic mass is 9.86. The fraction of sp³-hybridized carbons (Fsp3) is 0. The first-order chi connectivity index (χ1) is 21.3. The minimum Gasteiger partial charge on any atom is -0.291 e. The van der Waals surface area contributed by atoms with Crippen LogP contribution in [0.4, 0.5) is 0 Å². The number of nitrogens with zero attached hydrogens (tertiary/aromatic N) is 3. The first-order valence-electron chi connectivity index (χ1n) is 14.7. The van der Waals surface area contributed by atoms with Gasteiger partial charge >= 0.3 is 0 Å². The van der Waals surface area contributed by atoms with Crippen LogP contribution in [-0.2, 0) is 0 Å². The van der Waals surface area contributed by atoms with E-state index in [1.54, 1.807) is 6.20 Å². The molecule has 10 aromatic rings. The average Bonchev–Trinajstić information content (AvgIpc) is 3.51. The van der Waals surface area contributed by atoms with Crippen LogP contribution in [0.1, 0.15) is 0 Å². The zero-order chi connectivity index (χ0) is 28.1. The molecule has 0 N–H and O–H groups in total. The van der Waals surface area contributed by atoms with Crippen LogP contribution in [0.15, 0.2) is 140 Å². The number of rotatable bonds is 2. The number of hydrogen-bond donors (Lipinski definition) is 0. The number of benzene rings is 7. The third-order valence-corrected chi connectivity index (χ3v) is 9.15. The molecule has 0 bridgehead atoms. The first kappa shape index (κ1) is 22.8. The maximum Gasteiger partial charge on any atom is 0.234 e. The highest BCUT2D eigenvalue weighted by Gasteiger charge is 2.16. The van der Waals surface area contributed by atoms with Crippen molar-refractivity contribution in [1.29, 1.82) is 0 Å². The summed E-state index contributed by atoms with van der Waals surface area (Å²) in [5, 5.41) is 15.5. The fourth-order valence-electron chi connectivity index (χ4n) is 7.28. The van der Waals surface area contributed by atoms with E-state index in [0.29, 0.717) is 5.78 Å².